The number of carbonyl (C=O) groups excluding carboxylic acids is 1. The number of ether oxygens (including phenoxy) is 1. The first-order valence-corrected chi connectivity index (χ1v) is 8.31. The molecule has 1 aromatic heterocycles. The first-order valence-electron chi connectivity index (χ1n) is 8.31. The lowest BCUT2D eigenvalue weighted by atomic mass is 9.98. The van der Waals surface area contributed by atoms with Gasteiger partial charge in [-0.1, -0.05) is 48.5 Å². The Bertz CT molecular complexity index is 913. The summed E-state index contributed by atoms with van der Waals surface area (Å²) < 4.78 is 5.42. The number of aliphatic hydroxyl groups is 1. The zero-order valence-corrected chi connectivity index (χ0v) is 13.9. The molecule has 0 spiro atoms. The van der Waals surface area contributed by atoms with Gasteiger partial charge in [-0.2, -0.15) is 0 Å². The van der Waals surface area contributed by atoms with Crippen LogP contribution in [0.1, 0.15) is 22.7 Å². The zero-order chi connectivity index (χ0) is 17.9. The molecule has 130 valence electrons. The summed E-state index contributed by atoms with van der Waals surface area (Å²) in [6.45, 7) is 0.00143. The smallest absolute Gasteiger partial charge is 0.414 e. The van der Waals surface area contributed by atoms with Gasteiger partial charge in [0.15, 0.2) is 0 Å². The third-order valence-corrected chi connectivity index (χ3v) is 4.43. The van der Waals surface area contributed by atoms with E-state index >= 15 is 0 Å². The van der Waals surface area contributed by atoms with Crippen LogP contribution in [0.2, 0.25) is 0 Å². The molecular weight excluding hydrogens is 330 g/mol. The average Bonchev–Trinajstić information content (AvgIpc) is 3.00. The van der Waals surface area contributed by atoms with E-state index in [1.54, 1.807) is 6.07 Å². The van der Waals surface area contributed by atoms with Gasteiger partial charge in [0.25, 0.3) is 0 Å². The van der Waals surface area contributed by atoms with Gasteiger partial charge in [-0.15, -0.1) is 0 Å². The van der Waals surface area contributed by atoms with Gasteiger partial charge in [0, 0.05) is 12.1 Å². The highest BCUT2D eigenvalue weighted by atomic mass is 16.5. The standard InChI is InChI=1S/C20H17N3O3/c24-11-13-9-10-21-19(22-13)23-20(25)26-12-18-16-7-3-1-5-14(16)15-6-2-4-8-17(15)18/h1-10,18,24H,11-12H2,(H,21,22,23,25). The van der Waals surface area contributed by atoms with Crippen LogP contribution < -0.4 is 5.32 Å². The lowest BCUT2D eigenvalue weighted by Gasteiger charge is -2.14. The number of anilines is 1. The van der Waals surface area contributed by atoms with Crippen molar-refractivity contribution in [1.29, 1.82) is 0 Å². The minimum absolute atomic E-state index is 0.00200. The number of nitrogens with one attached hydrogen (secondary N) is 1. The number of nitrogens with zero attached hydrogens (tertiary/aromatic N) is 2. The van der Waals surface area contributed by atoms with E-state index in [9.17, 15) is 4.79 Å². The summed E-state index contributed by atoms with van der Waals surface area (Å²) >= 11 is 0. The van der Waals surface area contributed by atoms with Crippen LogP contribution in [-0.2, 0) is 11.3 Å². The van der Waals surface area contributed by atoms with Crippen molar-refractivity contribution >= 4 is 12.0 Å². The second-order valence-electron chi connectivity index (χ2n) is 5.98. The molecule has 0 bridgehead atoms. The van der Waals surface area contributed by atoms with Gasteiger partial charge < -0.3 is 9.84 Å². The van der Waals surface area contributed by atoms with Crippen molar-refractivity contribution in [3.8, 4) is 11.1 Å². The van der Waals surface area contributed by atoms with Gasteiger partial charge in [0.2, 0.25) is 5.95 Å². The summed E-state index contributed by atoms with van der Waals surface area (Å²) in [4.78, 5) is 20.1. The minimum atomic E-state index is -0.623. The molecule has 2 aromatic carbocycles. The SMILES string of the molecule is O=C(Nc1nccc(CO)n1)OCC1c2ccccc2-c2ccccc21. The Hall–Kier alpha value is -3.25. The van der Waals surface area contributed by atoms with Crippen molar-refractivity contribution < 1.29 is 14.6 Å². The Balaban J connectivity index is 1.48. The summed E-state index contributed by atoms with van der Waals surface area (Å²) in [5.41, 5.74) is 5.08. The molecule has 0 atom stereocenters. The van der Waals surface area contributed by atoms with Gasteiger partial charge in [-0.05, 0) is 28.3 Å². The molecule has 2 N–H and O–H groups in total. The maximum absolute atomic E-state index is 12.1. The second kappa shape index (κ2) is 6.93. The first kappa shape index (κ1) is 16.2. The molecule has 26 heavy (non-hydrogen) atoms. The molecule has 0 saturated heterocycles. The maximum atomic E-state index is 12.1. The molecule has 4 rings (SSSR count). The Labute approximate surface area is 150 Å². The van der Waals surface area contributed by atoms with Gasteiger partial charge in [-0.25, -0.2) is 14.8 Å². The molecule has 0 saturated carbocycles. The molecule has 3 aromatic rings. The molecule has 1 heterocycles. The van der Waals surface area contributed by atoms with Crippen molar-refractivity contribution in [3.63, 3.8) is 0 Å². The van der Waals surface area contributed by atoms with Crippen LogP contribution >= 0.6 is 0 Å². The molecule has 1 aliphatic carbocycles. The van der Waals surface area contributed by atoms with Crippen LogP contribution in [0.4, 0.5) is 10.7 Å². The second-order valence-corrected chi connectivity index (χ2v) is 5.98. The summed E-state index contributed by atoms with van der Waals surface area (Å²) in [7, 11) is 0. The van der Waals surface area contributed by atoms with E-state index in [0.717, 1.165) is 11.1 Å². The highest BCUT2D eigenvalue weighted by molar-refractivity contribution is 5.83. The van der Waals surface area contributed by atoms with Crippen molar-refractivity contribution in [2.24, 2.45) is 0 Å². The molecule has 6 nitrogen and oxygen atoms in total. The number of carbonyl (C=O) groups is 1. The number of rotatable bonds is 4. The summed E-state index contributed by atoms with van der Waals surface area (Å²) in [6.07, 6.45) is 0.847. The quantitative estimate of drug-likeness (QED) is 0.756. The van der Waals surface area contributed by atoms with E-state index in [0.29, 0.717) is 5.69 Å². The van der Waals surface area contributed by atoms with Crippen molar-refractivity contribution in [3.05, 3.63) is 77.6 Å². The fourth-order valence-electron chi connectivity index (χ4n) is 3.27. The van der Waals surface area contributed by atoms with E-state index in [-0.39, 0.29) is 25.1 Å². The normalized spacial score (nSPS) is 12.3. The summed E-state index contributed by atoms with van der Waals surface area (Å²) in [5.74, 6) is 0.103. The Morgan fingerprint density at radius 2 is 1.69 bits per heavy atom. The fraction of sp³-hybridized carbons (Fsp3) is 0.150. The monoisotopic (exact) mass is 347 g/mol. The van der Waals surface area contributed by atoms with E-state index in [1.165, 1.54) is 17.3 Å². The lowest BCUT2D eigenvalue weighted by Crippen LogP contribution is -2.19. The van der Waals surface area contributed by atoms with Crippen molar-refractivity contribution in [2.45, 2.75) is 12.5 Å². The van der Waals surface area contributed by atoms with E-state index in [4.69, 9.17) is 9.84 Å². The predicted octanol–water partition coefficient (Wildman–Crippen LogP) is 3.33. The van der Waals surface area contributed by atoms with Gasteiger partial charge in [-0.3, -0.25) is 5.32 Å². The minimum Gasteiger partial charge on any atom is -0.448 e. The highest BCUT2D eigenvalue weighted by Crippen LogP contribution is 2.44. The zero-order valence-electron chi connectivity index (χ0n) is 13.9. The number of hydrogen-bond acceptors (Lipinski definition) is 5. The molecule has 0 radical (unpaired) electrons. The topological polar surface area (TPSA) is 84.3 Å². The molecule has 1 amide bonds. The highest BCUT2D eigenvalue weighted by Gasteiger charge is 2.29. The van der Waals surface area contributed by atoms with Gasteiger partial charge >= 0.3 is 6.09 Å². The predicted molar refractivity (Wildman–Crippen MR) is 96.6 cm³/mol. The summed E-state index contributed by atoms with van der Waals surface area (Å²) in [6, 6.07) is 17.9. The molecule has 0 fully saturated rings. The van der Waals surface area contributed by atoms with Crippen LogP contribution in [0.15, 0.2) is 60.8 Å². The molecule has 1 aliphatic rings. The van der Waals surface area contributed by atoms with Crippen LogP contribution in [0.3, 0.4) is 0 Å². The third kappa shape index (κ3) is 3.02. The first-order chi connectivity index (χ1) is 12.8. The number of hydrogen-bond donors (Lipinski definition) is 2. The average molecular weight is 347 g/mol. The summed E-state index contributed by atoms with van der Waals surface area (Å²) in [5, 5.41) is 11.6. The third-order valence-electron chi connectivity index (χ3n) is 4.43. The van der Waals surface area contributed by atoms with E-state index in [2.05, 4.69) is 39.6 Å². The number of aliphatic hydroxyl groups excluding tert-OH is 1. The Kier molecular flexibility index (Phi) is 4.33. The van der Waals surface area contributed by atoms with Crippen LogP contribution in [0.5, 0.6) is 0 Å². The number of aromatic nitrogens is 2. The molecule has 0 aliphatic heterocycles. The van der Waals surface area contributed by atoms with E-state index < -0.39 is 6.09 Å². The van der Waals surface area contributed by atoms with E-state index in [1.807, 2.05) is 24.3 Å². The van der Waals surface area contributed by atoms with Crippen LogP contribution in [-0.4, -0.2) is 27.8 Å². The van der Waals surface area contributed by atoms with Crippen molar-refractivity contribution in [1.82, 2.24) is 9.97 Å². The number of fused-ring (bicyclic) bond motifs is 3. The van der Waals surface area contributed by atoms with Gasteiger partial charge in [0.1, 0.15) is 6.61 Å². The van der Waals surface area contributed by atoms with Crippen molar-refractivity contribution in [2.75, 3.05) is 11.9 Å². The van der Waals surface area contributed by atoms with Gasteiger partial charge in [0.05, 0.1) is 12.3 Å². The number of benzene rings is 2. The molecule has 6 heteroatoms. The Morgan fingerprint density at radius 3 is 2.35 bits per heavy atom. The Morgan fingerprint density at radius 1 is 1.04 bits per heavy atom. The lowest BCUT2D eigenvalue weighted by molar-refractivity contribution is 0.158. The molecular formula is C20H17N3O3. The van der Waals surface area contributed by atoms with Crippen LogP contribution in [0, 0.1) is 0 Å². The largest absolute Gasteiger partial charge is 0.448 e. The fourth-order valence-corrected chi connectivity index (χ4v) is 3.27. The molecule has 0 unspecified atom stereocenters. The number of amides is 1. The van der Waals surface area contributed by atoms with Crippen LogP contribution in [0.25, 0.3) is 11.1 Å². The maximum Gasteiger partial charge on any atom is 0.414 e.